The minimum atomic E-state index is -0.652. The maximum Gasteiger partial charge on any atom is 0.113 e. The molecule has 0 amide bonds. The third-order valence-corrected chi connectivity index (χ3v) is 3.37. The summed E-state index contributed by atoms with van der Waals surface area (Å²) in [5, 5.41) is 13.0. The molecule has 4 heteroatoms. The van der Waals surface area contributed by atoms with E-state index in [2.05, 4.69) is 0 Å². The number of aliphatic hydroxyl groups excluding tert-OH is 1. The summed E-state index contributed by atoms with van der Waals surface area (Å²) < 4.78 is 0. The summed E-state index contributed by atoms with van der Waals surface area (Å²) in [7, 11) is 0. The van der Waals surface area contributed by atoms with Crippen LogP contribution in [0.5, 0.6) is 0 Å². The second-order valence-electron chi connectivity index (χ2n) is 3.12. The van der Waals surface area contributed by atoms with E-state index in [1.54, 1.807) is 18.2 Å². The Bertz CT molecular complexity index is 433. The van der Waals surface area contributed by atoms with Gasteiger partial charge in [-0.3, -0.25) is 0 Å². The van der Waals surface area contributed by atoms with Gasteiger partial charge in [0, 0.05) is 14.9 Å². The Kier molecular flexibility index (Phi) is 3.32. The molecule has 1 unspecified atom stereocenters. The van der Waals surface area contributed by atoms with E-state index >= 15 is 0 Å². The molecular weight excluding hydrogens is 251 g/mol. The number of aliphatic hydroxyl groups is 1. The van der Waals surface area contributed by atoms with Crippen molar-refractivity contribution in [2.75, 3.05) is 0 Å². The first-order valence-electron chi connectivity index (χ1n) is 4.34. The van der Waals surface area contributed by atoms with Crippen LogP contribution in [0.2, 0.25) is 10.0 Å². The monoisotopic (exact) mass is 258 g/mol. The number of halogens is 2. The Morgan fingerprint density at radius 1 is 1.13 bits per heavy atom. The van der Waals surface area contributed by atoms with Gasteiger partial charge >= 0.3 is 0 Å². The van der Waals surface area contributed by atoms with Gasteiger partial charge in [0.2, 0.25) is 0 Å². The van der Waals surface area contributed by atoms with E-state index in [9.17, 15) is 5.11 Å². The Balaban J connectivity index is 2.37. The highest BCUT2D eigenvalue weighted by atomic mass is 35.5. The molecule has 1 heterocycles. The topological polar surface area (TPSA) is 20.2 Å². The number of benzene rings is 1. The molecule has 2 rings (SSSR count). The Morgan fingerprint density at radius 2 is 1.80 bits per heavy atom. The van der Waals surface area contributed by atoms with Gasteiger partial charge < -0.3 is 5.11 Å². The fraction of sp³-hybridized carbons (Fsp3) is 0.0909. The molecule has 1 aromatic carbocycles. The van der Waals surface area contributed by atoms with Gasteiger partial charge in [-0.05, 0) is 35.2 Å². The standard InChI is InChI=1S/C11H8Cl2OS/c12-8-4-7(5-9(13)6-8)11(14)10-2-1-3-15-10/h1-6,11,14H. The molecule has 15 heavy (non-hydrogen) atoms. The second-order valence-corrected chi connectivity index (χ2v) is 4.97. The fourth-order valence-electron chi connectivity index (χ4n) is 1.34. The van der Waals surface area contributed by atoms with Crippen molar-refractivity contribution in [3.05, 3.63) is 56.2 Å². The summed E-state index contributed by atoms with van der Waals surface area (Å²) in [5.74, 6) is 0. The van der Waals surface area contributed by atoms with Gasteiger partial charge in [0.15, 0.2) is 0 Å². The molecule has 0 saturated carbocycles. The molecule has 0 aliphatic rings. The minimum absolute atomic E-state index is 0.535. The van der Waals surface area contributed by atoms with Crippen molar-refractivity contribution in [1.29, 1.82) is 0 Å². The van der Waals surface area contributed by atoms with Crippen molar-refractivity contribution in [1.82, 2.24) is 0 Å². The number of hydrogen-bond acceptors (Lipinski definition) is 2. The van der Waals surface area contributed by atoms with Gasteiger partial charge in [0.05, 0.1) is 0 Å². The molecule has 0 spiro atoms. The van der Waals surface area contributed by atoms with Gasteiger partial charge in [0.1, 0.15) is 6.10 Å². The quantitative estimate of drug-likeness (QED) is 0.859. The zero-order valence-electron chi connectivity index (χ0n) is 7.65. The molecule has 0 saturated heterocycles. The first-order valence-corrected chi connectivity index (χ1v) is 5.98. The zero-order chi connectivity index (χ0) is 10.8. The van der Waals surface area contributed by atoms with Crippen molar-refractivity contribution >= 4 is 34.5 Å². The van der Waals surface area contributed by atoms with Gasteiger partial charge in [-0.1, -0.05) is 29.3 Å². The average Bonchev–Trinajstić information content (AvgIpc) is 2.67. The summed E-state index contributed by atoms with van der Waals surface area (Å²) in [4.78, 5) is 0.883. The summed E-state index contributed by atoms with van der Waals surface area (Å²) in [6.45, 7) is 0. The largest absolute Gasteiger partial charge is 0.383 e. The number of hydrogen-bond donors (Lipinski definition) is 1. The summed E-state index contributed by atoms with van der Waals surface area (Å²) in [6.07, 6.45) is -0.652. The van der Waals surface area contributed by atoms with E-state index in [0.717, 1.165) is 10.4 Å². The lowest BCUT2D eigenvalue weighted by atomic mass is 10.1. The smallest absolute Gasteiger partial charge is 0.113 e. The first kappa shape index (κ1) is 11.0. The van der Waals surface area contributed by atoms with Gasteiger partial charge in [-0.25, -0.2) is 0 Å². The van der Waals surface area contributed by atoms with Crippen molar-refractivity contribution in [3.8, 4) is 0 Å². The molecule has 78 valence electrons. The van der Waals surface area contributed by atoms with Crippen LogP contribution in [0, 0.1) is 0 Å². The van der Waals surface area contributed by atoms with Crippen molar-refractivity contribution in [2.24, 2.45) is 0 Å². The SMILES string of the molecule is OC(c1cc(Cl)cc(Cl)c1)c1cccs1. The van der Waals surface area contributed by atoms with Crippen LogP contribution in [-0.4, -0.2) is 5.11 Å². The molecule has 0 bridgehead atoms. The lowest BCUT2D eigenvalue weighted by molar-refractivity contribution is 0.224. The minimum Gasteiger partial charge on any atom is -0.383 e. The van der Waals surface area contributed by atoms with E-state index in [1.807, 2.05) is 17.5 Å². The van der Waals surface area contributed by atoms with Crippen LogP contribution < -0.4 is 0 Å². The molecule has 0 radical (unpaired) electrons. The summed E-state index contributed by atoms with van der Waals surface area (Å²) in [6, 6.07) is 8.86. The van der Waals surface area contributed by atoms with E-state index < -0.39 is 6.10 Å². The maximum atomic E-state index is 10.0. The van der Waals surface area contributed by atoms with E-state index in [-0.39, 0.29) is 0 Å². The predicted molar refractivity (Wildman–Crippen MR) is 64.8 cm³/mol. The van der Waals surface area contributed by atoms with Crippen molar-refractivity contribution in [2.45, 2.75) is 6.10 Å². The molecule has 0 fully saturated rings. The van der Waals surface area contributed by atoms with Crippen LogP contribution in [0.3, 0.4) is 0 Å². The van der Waals surface area contributed by atoms with Gasteiger partial charge in [0.25, 0.3) is 0 Å². The first-order chi connectivity index (χ1) is 7.16. The average molecular weight is 259 g/mol. The zero-order valence-corrected chi connectivity index (χ0v) is 9.98. The normalized spacial score (nSPS) is 12.7. The summed E-state index contributed by atoms with van der Waals surface area (Å²) in [5.41, 5.74) is 0.718. The van der Waals surface area contributed by atoms with Crippen LogP contribution in [0.15, 0.2) is 35.7 Å². The van der Waals surface area contributed by atoms with Gasteiger partial charge in [-0.15, -0.1) is 11.3 Å². The maximum absolute atomic E-state index is 10.0. The van der Waals surface area contributed by atoms with E-state index in [1.165, 1.54) is 11.3 Å². The lowest BCUT2D eigenvalue weighted by Crippen LogP contribution is -1.96. The van der Waals surface area contributed by atoms with Crippen LogP contribution in [-0.2, 0) is 0 Å². The van der Waals surface area contributed by atoms with E-state index in [4.69, 9.17) is 23.2 Å². The Hall–Kier alpha value is -0.540. The lowest BCUT2D eigenvalue weighted by Gasteiger charge is -2.09. The van der Waals surface area contributed by atoms with Crippen molar-refractivity contribution < 1.29 is 5.11 Å². The molecule has 1 aromatic heterocycles. The highest BCUT2D eigenvalue weighted by Crippen LogP contribution is 2.29. The number of thiophene rings is 1. The molecule has 0 aliphatic heterocycles. The van der Waals surface area contributed by atoms with Crippen LogP contribution in [0.1, 0.15) is 16.5 Å². The second kappa shape index (κ2) is 4.54. The van der Waals surface area contributed by atoms with Gasteiger partial charge in [-0.2, -0.15) is 0 Å². The van der Waals surface area contributed by atoms with Crippen molar-refractivity contribution in [3.63, 3.8) is 0 Å². The molecule has 0 aliphatic carbocycles. The Morgan fingerprint density at radius 3 is 2.33 bits per heavy atom. The molecule has 1 nitrogen and oxygen atoms in total. The highest BCUT2D eigenvalue weighted by molar-refractivity contribution is 7.10. The third-order valence-electron chi connectivity index (χ3n) is 2.01. The van der Waals surface area contributed by atoms with Crippen LogP contribution in [0.25, 0.3) is 0 Å². The van der Waals surface area contributed by atoms with Crippen LogP contribution >= 0.6 is 34.5 Å². The molecule has 1 atom stereocenters. The Labute approximate surface area is 102 Å². The molecular formula is C11H8Cl2OS. The van der Waals surface area contributed by atoms with E-state index in [0.29, 0.717) is 10.0 Å². The number of rotatable bonds is 2. The van der Waals surface area contributed by atoms with Crippen LogP contribution in [0.4, 0.5) is 0 Å². The highest BCUT2D eigenvalue weighted by Gasteiger charge is 2.12. The third kappa shape index (κ3) is 2.52. The summed E-state index contributed by atoms with van der Waals surface area (Å²) >= 11 is 13.2. The molecule has 2 aromatic rings. The molecule has 1 N–H and O–H groups in total. The fourth-order valence-corrected chi connectivity index (χ4v) is 2.62. The predicted octanol–water partition coefficient (Wildman–Crippen LogP) is 4.14.